The Bertz CT molecular complexity index is 498. The van der Waals surface area contributed by atoms with Crippen LogP contribution >= 0.6 is 0 Å². The van der Waals surface area contributed by atoms with Crippen LogP contribution in [0.2, 0.25) is 0 Å². The van der Waals surface area contributed by atoms with Crippen LogP contribution in [0.4, 0.5) is 0 Å². The topological polar surface area (TPSA) is 52.0 Å². The van der Waals surface area contributed by atoms with Crippen LogP contribution in [0.1, 0.15) is 32.6 Å². The average molecular weight is 288 g/mol. The molecule has 0 amide bonds. The van der Waals surface area contributed by atoms with Crippen molar-refractivity contribution < 1.29 is 4.74 Å². The van der Waals surface area contributed by atoms with E-state index in [9.17, 15) is 0 Å². The van der Waals surface area contributed by atoms with Crippen LogP contribution < -0.4 is 10.1 Å². The molecule has 1 N–H and O–H groups in total. The minimum absolute atomic E-state index is 0.423. The third-order valence-electron chi connectivity index (χ3n) is 3.21. The molecule has 2 aromatic rings. The molecule has 0 aliphatic heterocycles. The average Bonchev–Trinajstić information content (AvgIpc) is 3.00. The van der Waals surface area contributed by atoms with Crippen molar-refractivity contribution in [1.82, 2.24) is 20.1 Å². The fourth-order valence-corrected chi connectivity index (χ4v) is 2.04. The van der Waals surface area contributed by atoms with Crippen LogP contribution in [0, 0.1) is 0 Å². The molecule has 0 fully saturated rings. The van der Waals surface area contributed by atoms with Gasteiger partial charge in [0.25, 0.3) is 0 Å². The van der Waals surface area contributed by atoms with Crippen LogP contribution in [-0.4, -0.2) is 34.5 Å². The maximum absolute atomic E-state index is 5.53. The first-order chi connectivity index (χ1) is 10.4. The molecule has 0 aliphatic carbocycles. The summed E-state index contributed by atoms with van der Waals surface area (Å²) < 4.78 is 7.25. The maximum atomic E-state index is 5.53. The second kappa shape index (κ2) is 9.13. The molecule has 1 aromatic heterocycles. The van der Waals surface area contributed by atoms with E-state index in [0.29, 0.717) is 12.6 Å². The number of aromatic nitrogens is 3. The Balaban J connectivity index is 1.63. The van der Waals surface area contributed by atoms with Gasteiger partial charge in [0.2, 0.25) is 0 Å². The molecule has 5 nitrogen and oxygen atoms in total. The maximum Gasteiger partial charge on any atom is 0.335 e. The van der Waals surface area contributed by atoms with Gasteiger partial charge in [-0.05, 0) is 25.1 Å². The van der Waals surface area contributed by atoms with Gasteiger partial charge in [-0.25, -0.2) is 4.68 Å². The first-order valence-corrected chi connectivity index (χ1v) is 7.70. The van der Waals surface area contributed by atoms with Gasteiger partial charge in [-0.2, -0.15) is 4.98 Å². The standard InChI is InChI=1S/C16H24N4O/c1-2-3-4-8-11-17-12-13-21-16-18-14-20(19-16)15-9-6-5-7-10-15/h5-7,9-10,14,17H,2-4,8,11-13H2,1H3. The second-order valence-corrected chi connectivity index (χ2v) is 4.97. The highest BCUT2D eigenvalue weighted by atomic mass is 16.5. The lowest BCUT2D eigenvalue weighted by Gasteiger charge is -2.04. The molecule has 2 rings (SSSR count). The highest BCUT2D eigenvalue weighted by Crippen LogP contribution is 2.07. The van der Waals surface area contributed by atoms with Crippen LogP contribution in [-0.2, 0) is 0 Å². The molecule has 1 aromatic carbocycles. The van der Waals surface area contributed by atoms with Gasteiger partial charge in [0.05, 0.1) is 5.69 Å². The van der Waals surface area contributed by atoms with Crippen LogP contribution in [0.15, 0.2) is 36.7 Å². The number of rotatable bonds is 10. The van der Waals surface area contributed by atoms with Crippen LogP contribution in [0.3, 0.4) is 0 Å². The molecule has 5 heteroatoms. The molecular weight excluding hydrogens is 264 g/mol. The van der Waals surface area contributed by atoms with E-state index in [4.69, 9.17) is 4.74 Å². The molecule has 21 heavy (non-hydrogen) atoms. The molecule has 0 saturated carbocycles. The Morgan fingerprint density at radius 3 is 2.76 bits per heavy atom. The number of benzene rings is 1. The lowest BCUT2D eigenvalue weighted by atomic mass is 10.2. The van der Waals surface area contributed by atoms with Gasteiger partial charge in [0.1, 0.15) is 12.9 Å². The predicted octanol–water partition coefficient (Wildman–Crippen LogP) is 2.82. The summed E-state index contributed by atoms with van der Waals surface area (Å²) in [6.45, 7) is 4.69. The van der Waals surface area contributed by atoms with Crippen molar-refractivity contribution in [2.45, 2.75) is 32.6 Å². The van der Waals surface area contributed by atoms with Gasteiger partial charge in [-0.1, -0.05) is 44.4 Å². The fourth-order valence-electron chi connectivity index (χ4n) is 2.04. The molecule has 0 unspecified atom stereocenters. The first kappa shape index (κ1) is 15.5. The zero-order chi connectivity index (χ0) is 14.8. The van der Waals surface area contributed by atoms with E-state index >= 15 is 0 Å². The second-order valence-electron chi connectivity index (χ2n) is 4.97. The van der Waals surface area contributed by atoms with Crippen molar-refractivity contribution in [3.8, 4) is 11.7 Å². The largest absolute Gasteiger partial charge is 0.461 e. The normalized spacial score (nSPS) is 10.7. The summed E-state index contributed by atoms with van der Waals surface area (Å²) in [5.41, 5.74) is 0.980. The summed E-state index contributed by atoms with van der Waals surface area (Å²) in [7, 11) is 0. The summed E-state index contributed by atoms with van der Waals surface area (Å²) in [6, 6.07) is 10.3. The monoisotopic (exact) mass is 288 g/mol. The SMILES string of the molecule is CCCCCCNCCOc1ncn(-c2ccccc2)n1. The molecule has 0 atom stereocenters. The highest BCUT2D eigenvalue weighted by molar-refractivity contribution is 5.29. The van der Waals surface area contributed by atoms with E-state index in [2.05, 4.69) is 22.3 Å². The molecule has 0 saturated heterocycles. The molecule has 1 heterocycles. The Hall–Kier alpha value is -1.88. The third-order valence-corrected chi connectivity index (χ3v) is 3.21. The molecule has 0 radical (unpaired) electrons. The van der Waals surface area contributed by atoms with E-state index in [1.807, 2.05) is 30.3 Å². The van der Waals surface area contributed by atoms with Crippen molar-refractivity contribution >= 4 is 0 Å². The number of para-hydroxylation sites is 1. The molecule has 114 valence electrons. The predicted molar refractivity (Wildman–Crippen MR) is 83.9 cm³/mol. The molecular formula is C16H24N4O. The fraction of sp³-hybridized carbons (Fsp3) is 0.500. The van der Waals surface area contributed by atoms with Gasteiger partial charge in [-0.15, -0.1) is 5.10 Å². The van der Waals surface area contributed by atoms with Gasteiger partial charge >= 0.3 is 6.01 Å². The van der Waals surface area contributed by atoms with E-state index in [1.165, 1.54) is 25.7 Å². The van der Waals surface area contributed by atoms with E-state index < -0.39 is 0 Å². The lowest BCUT2D eigenvalue weighted by Crippen LogP contribution is -2.22. The van der Waals surface area contributed by atoms with E-state index in [0.717, 1.165) is 18.8 Å². The zero-order valence-corrected chi connectivity index (χ0v) is 12.7. The molecule has 0 spiro atoms. The number of ether oxygens (including phenoxy) is 1. The highest BCUT2D eigenvalue weighted by Gasteiger charge is 2.02. The Kier molecular flexibility index (Phi) is 6.74. The summed E-state index contributed by atoms with van der Waals surface area (Å²) in [5.74, 6) is 0. The van der Waals surface area contributed by atoms with Crippen LogP contribution in [0.5, 0.6) is 6.01 Å². The van der Waals surface area contributed by atoms with E-state index in [-0.39, 0.29) is 0 Å². The molecule has 0 bridgehead atoms. The summed E-state index contributed by atoms with van der Waals surface area (Å²) in [5, 5.41) is 7.66. The number of unbranched alkanes of at least 4 members (excludes halogenated alkanes) is 3. The first-order valence-electron chi connectivity index (χ1n) is 7.70. The van der Waals surface area contributed by atoms with Crippen molar-refractivity contribution in [1.29, 1.82) is 0 Å². The smallest absolute Gasteiger partial charge is 0.335 e. The number of hydrogen-bond acceptors (Lipinski definition) is 4. The van der Waals surface area contributed by atoms with Gasteiger partial charge in [0.15, 0.2) is 0 Å². The quantitative estimate of drug-likeness (QED) is 0.683. The van der Waals surface area contributed by atoms with Crippen molar-refractivity contribution in [2.75, 3.05) is 19.7 Å². The van der Waals surface area contributed by atoms with Crippen LogP contribution in [0.25, 0.3) is 5.69 Å². The lowest BCUT2D eigenvalue weighted by molar-refractivity contribution is 0.290. The summed E-state index contributed by atoms with van der Waals surface area (Å²) >= 11 is 0. The Labute approximate surface area is 126 Å². The molecule has 0 aliphatic rings. The van der Waals surface area contributed by atoms with Gasteiger partial charge in [0, 0.05) is 6.54 Å². The summed E-state index contributed by atoms with van der Waals surface area (Å²) in [6.07, 6.45) is 6.79. The number of nitrogens with zero attached hydrogens (tertiary/aromatic N) is 3. The Morgan fingerprint density at radius 2 is 1.95 bits per heavy atom. The number of hydrogen-bond donors (Lipinski definition) is 1. The van der Waals surface area contributed by atoms with Gasteiger partial charge in [-0.3, -0.25) is 0 Å². The number of nitrogens with one attached hydrogen (secondary N) is 1. The van der Waals surface area contributed by atoms with Gasteiger partial charge < -0.3 is 10.1 Å². The minimum Gasteiger partial charge on any atom is -0.461 e. The van der Waals surface area contributed by atoms with Crippen molar-refractivity contribution in [3.05, 3.63) is 36.7 Å². The minimum atomic E-state index is 0.423. The third kappa shape index (κ3) is 5.55. The van der Waals surface area contributed by atoms with E-state index in [1.54, 1.807) is 11.0 Å². The van der Waals surface area contributed by atoms with Crippen molar-refractivity contribution in [3.63, 3.8) is 0 Å². The Morgan fingerprint density at radius 1 is 1.10 bits per heavy atom. The van der Waals surface area contributed by atoms with Crippen molar-refractivity contribution in [2.24, 2.45) is 0 Å². The summed E-state index contributed by atoms with van der Waals surface area (Å²) in [4.78, 5) is 4.15. The zero-order valence-electron chi connectivity index (χ0n) is 12.7.